The standard InChI is InChI=1S/C11H19N3O3/c12-9(14-16)11(3-4-11)10(15)13-5-1-8-2-6-17-7-8/h8,16H,1-7H2,(H2,12,14)(H,13,15). The number of carbonyl (C=O) groups excluding carboxylic acids is 1. The fourth-order valence-electron chi connectivity index (χ4n) is 2.19. The van der Waals surface area contributed by atoms with Gasteiger partial charge in [-0.1, -0.05) is 5.16 Å². The van der Waals surface area contributed by atoms with Crippen molar-refractivity contribution >= 4 is 11.7 Å². The van der Waals surface area contributed by atoms with Gasteiger partial charge in [0, 0.05) is 19.8 Å². The van der Waals surface area contributed by atoms with Crippen molar-refractivity contribution in [1.82, 2.24) is 5.32 Å². The molecule has 4 N–H and O–H groups in total. The van der Waals surface area contributed by atoms with Crippen LogP contribution < -0.4 is 11.1 Å². The van der Waals surface area contributed by atoms with Crippen LogP contribution in [0.15, 0.2) is 5.16 Å². The molecule has 6 nitrogen and oxygen atoms in total. The summed E-state index contributed by atoms with van der Waals surface area (Å²) in [5.41, 5.74) is 4.79. The fourth-order valence-corrected chi connectivity index (χ4v) is 2.19. The molecule has 96 valence electrons. The highest BCUT2D eigenvalue weighted by Crippen LogP contribution is 2.46. The number of oxime groups is 1. The van der Waals surface area contributed by atoms with Crippen LogP contribution in [0.2, 0.25) is 0 Å². The first-order chi connectivity index (χ1) is 8.19. The Balaban J connectivity index is 1.74. The van der Waals surface area contributed by atoms with E-state index in [1.54, 1.807) is 0 Å². The molecule has 1 saturated carbocycles. The second-order valence-corrected chi connectivity index (χ2v) is 4.84. The summed E-state index contributed by atoms with van der Waals surface area (Å²) in [6, 6.07) is 0. The molecule has 2 rings (SSSR count). The number of amides is 1. The van der Waals surface area contributed by atoms with Gasteiger partial charge in [-0.25, -0.2) is 0 Å². The van der Waals surface area contributed by atoms with Crippen LogP contribution in [-0.4, -0.2) is 36.7 Å². The van der Waals surface area contributed by atoms with Gasteiger partial charge in [0.15, 0.2) is 5.84 Å². The van der Waals surface area contributed by atoms with Crippen LogP contribution in [0.3, 0.4) is 0 Å². The van der Waals surface area contributed by atoms with Gasteiger partial charge < -0.3 is 21.0 Å². The first kappa shape index (κ1) is 12.2. The van der Waals surface area contributed by atoms with Crippen LogP contribution in [0.5, 0.6) is 0 Å². The van der Waals surface area contributed by atoms with Crippen molar-refractivity contribution in [2.45, 2.75) is 25.7 Å². The second-order valence-electron chi connectivity index (χ2n) is 4.84. The average Bonchev–Trinajstić information content (AvgIpc) is 3.00. The molecule has 2 fully saturated rings. The Bertz CT molecular complexity index is 320. The molecule has 1 saturated heterocycles. The van der Waals surface area contributed by atoms with Gasteiger partial charge in [-0.2, -0.15) is 0 Å². The summed E-state index contributed by atoms with van der Waals surface area (Å²) in [6.07, 6.45) is 3.34. The largest absolute Gasteiger partial charge is 0.409 e. The molecule has 0 bridgehead atoms. The van der Waals surface area contributed by atoms with E-state index in [9.17, 15) is 4.79 Å². The molecule has 0 spiro atoms. The summed E-state index contributed by atoms with van der Waals surface area (Å²) in [5, 5.41) is 14.4. The topological polar surface area (TPSA) is 96.9 Å². The van der Waals surface area contributed by atoms with E-state index >= 15 is 0 Å². The Morgan fingerprint density at radius 3 is 2.88 bits per heavy atom. The Hall–Kier alpha value is -1.30. The summed E-state index contributed by atoms with van der Waals surface area (Å²) >= 11 is 0. The quantitative estimate of drug-likeness (QED) is 0.274. The summed E-state index contributed by atoms with van der Waals surface area (Å²) in [5.74, 6) is 0.459. The first-order valence-corrected chi connectivity index (χ1v) is 6.03. The number of hydrogen-bond acceptors (Lipinski definition) is 4. The summed E-state index contributed by atoms with van der Waals surface area (Å²) in [4.78, 5) is 11.9. The van der Waals surface area contributed by atoms with Crippen LogP contribution >= 0.6 is 0 Å². The monoisotopic (exact) mass is 241 g/mol. The Morgan fingerprint density at radius 2 is 2.35 bits per heavy atom. The molecule has 1 aliphatic heterocycles. The molecule has 1 atom stereocenters. The lowest BCUT2D eigenvalue weighted by Gasteiger charge is -2.14. The predicted octanol–water partition coefficient (Wildman–Crippen LogP) is 0.0558. The average molecular weight is 241 g/mol. The van der Waals surface area contributed by atoms with E-state index in [0.717, 1.165) is 26.1 Å². The molecule has 0 aromatic heterocycles. The fraction of sp³-hybridized carbons (Fsp3) is 0.818. The number of nitrogens with zero attached hydrogens (tertiary/aromatic N) is 1. The van der Waals surface area contributed by atoms with Crippen molar-refractivity contribution in [2.24, 2.45) is 22.2 Å². The van der Waals surface area contributed by atoms with Crippen molar-refractivity contribution in [3.63, 3.8) is 0 Å². The number of rotatable bonds is 5. The zero-order valence-corrected chi connectivity index (χ0v) is 9.82. The minimum atomic E-state index is -0.735. The van der Waals surface area contributed by atoms with Crippen LogP contribution in [0.1, 0.15) is 25.7 Å². The third-order valence-electron chi connectivity index (χ3n) is 3.64. The zero-order chi connectivity index (χ0) is 12.3. The Morgan fingerprint density at radius 1 is 1.59 bits per heavy atom. The highest BCUT2D eigenvalue weighted by atomic mass is 16.5. The van der Waals surface area contributed by atoms with Crippen molar-refractivity contribution < 1.29 is 14.7 Å². The molecular formula is C11H19N3O3. The minimum absolute atomic E-state index is 0.0270. The van der Waals surface area contributed by atoms with Gasteiger partial charge in [0.1, 0.15) is 5.41 Å². The summed E-state index contributed by atoms with van der Waals surface area (Å²) in [7, 11) is 0. The molecule has 1 aliphatic carbocycles. The minimum Gasteiger partial charge on any atom is -0.409 e. The maximum Gasteiger partial charge on any atom is 0.233 e. The van der Waals surface area contributed by atoms with Gasteiger partial charge in [0.05, 0.1) is 0 Å². The van der Waals surface area contributed by atoms with E-state index in [-0.39, 0.29) is 11.7 Å². The van der Waals surface area contributed by atoms with Crippen molar-refractivity contribution in [3.8, 4) is 0 Å². The molecule has 17 heavy (non-hydrogen) atoms. The number of carbonyl (C=O) groups is 1. The highest BCUT2D eigenvalue weighted by molar-refractivity contribution is 6.09. The molecular weight excluding hydrogens is 222 g/mol. The second kappa shape index (κ2) is 4.91. The smallest absolute Gasteiger partial charge is 0.233 e. The number of ether oxygens (including phenoxy) is 1. The van der Waals surface area contributed by atoms with Gasteiger partial charge in [0.2, 0.25) is 5.91 Å². The molecule has 6 heteroatoms. The van der Waals surface area contributed by atoms with Crippen LogP contribution in [-0.2, 0) is 9.53 Å². The van der Waals surface area contributed by atoms with Crippen LogP contribution in [0.4, 0.5) is 0 Å². The molecule has 1 heterocycles. The number of nitrogens with two attached hydrogens (primary N) is 1. The van der Waals surface area contributed by atoms with Gasteiger partial charge in [-0.15, -0.1) is 0 Å². The Kier molecular flexibility index (Phi) is 3.51. The Labute approximate surface area is 100 Å². The number of hydrogen-bond donors (Lipinski definition) is 3. The van der Waals surface area contributed by atoms with E-state index in [0.29, 0.717) is 25.3 Å². The van der Waals surface area contributed by atoms with E-state index in [4.69, 9.17) is 15.7 Å². The van der Waals surface area contributed by atoms with Crippen LogP contribution in [0.25, 0.3) is 0 Å². The highest BCUT2D eigenvalue weighted by Gasteiger charge is 2.54. The molecule has 0 radical (unpaired) electrons. The molecule has 0 aromatic rings. The maximum absolute atomic E-state index is 11.9. The normalized spacial score (nSPS) is 26.8. The predicted molar refractivity (Wildman–Crippen MR) is 61.6 cm³/mol. The summed E-state index contributed by atoms with van der Waals surface area (Å²) in [6.45, 7) is 2.25. The van der Waals surface area contributed by atoms with Crippen molar-refractivity contribution in [2.75, 3.05) is 19.8 Å². The van der Waals surface area contributed by atoms with Crippen molar-refractivity contribution in [3.05, 3.63) is 0 Å². The SMILES string of the molecule is NC(=NO)C1(C(=O)NCCC2CCOC2)CC1. The lowest BCUT2D eigenvalue weighted by molar-refractivity contribution is -0.124. The number of nitrogens with one attached hydrogen (secondary N) is 1. The van der Waals surface area contributed by atoms with Crippen molar-refractivity contribution in [1.29, 1.82) is 0 Å². The molecule has 2 aliphatic rings. The van der Waals surface area contributed by atoms with E-state index in [2.05, 4.69) is 10.5 Å². The number of amidine groups is 1. The van der Waals surface area contributed by atoms with E-state index < -0.39 is 5.41 Å². The van der Waals surface area contributed by atoms with E-state index in [1.807, 2.05) is 0 Å². The first-order valence-electron chi connectivity index (χ1n) is 6.03. The van der Waals surface area contributed by atoms with Gasteiger partial charge in [0.25, 0.3) is 0 Å². The van der Waals surface area contributed by atoms with Gasteiger partial charge in [-0.3, -0.25) is 4.79 Å². The van der Waals surface area contributed by atoms with Gasteiger partial charge in [-0.05, 0) is 31.6 Å². The van der Waals surface area contributed by atoms with Crippen LogP contribution in [0, 0.1) is 11.3 Å². The molecule has 0 aromatic carbocycles. The molecule has 1 amide bonds. The summed E-state index contributed by atoms with van der Waals surface area (Å²) < 4.78 is 5.26. The third-order valence-corrected chi connectivity index (χ3v) is 3.64. The maximum atomic E-state index is 11.9. The molecule has 1 unspecified atom stereocenters. The lowest BCUT2D eigenvalue weighted by Crippen LogP contribution is -2.41. The third kappa shape index (κ3) is 2.52. The zero-order valence-electron chi connectivity index (χ0n) is 9.82. The van der Waals surface area contributed by atoms with Gasteiger partial charge >= 0.3 is 0 Å². The van der Waals surface area contributed by atoms with E-state index in [1.165, 1.54) is 0 Å². The lowest BCUT2D eigenvalue weighted by atomic mass is 10.0.